The molecule has 20 heavy (non-hydrogen) atoms. The Bertz CT molecular complexity index is 577. The van der Waals surface area contributed by atoms with Gasteiger partial charge in [0.25, 0.3) is 0 Å². The predicted octanol–water partition coefficient (Wildman–Crippen LogP) is 3.14. The van der Waals surface area contributed by atoms with E-state index in [4.69, 9.17) is 0 Å². The molecule has 0 saturated carbocycles. The lowest BCUT2D eigenvalue weighted by molar-refractivity contribution is 0.683. The second-order valence-corrected chi connectivity index (χ2v) is 6.27. The van der Waals surface area contributed by atoms with Gasteiger partial charge in [-0.05, 0) is 37.0 Å². The first kappa shape index (κ1) is 13.6. The molecule has 0 radical (unpaired) electrons. The number of rotatable bonds is 5. The Morgan fingerprint density at radius 2 is 2.35 bits per heavy atom. The predicted molar refractivity (Wildman–Crippen MR) is 85.5 cm³/mol. The molecule has 0 saturated heterocycles. The highest BCUT2D eigenvalue weighted by molar-refractivity contribution is 7.09. The van der Waals surface area contributed by atoms with E-state index < -0.39 is 0 Å². The van der Waals surface area contributed by atoms with Crippen molar-refractivity contribution in [2.45, 2.75) is 32.7 Å². The third-order valence-corrected chi connectivity index (χ3v) is 4.65. The minimum absolute atomic E-state index is 0.942. The van der Waals surface area contributed by atoms with E-state index in [9.17, 15) is 0 Å². The second-order valence-electron chi connectivity index (χ2n) is 5.33. The van der Waals surface area contributed by atoms with Gasteiger partial charge in [0, 0.05) is 42.8 Å². The lowest BCUT2D eigenvalue weighted by Gasteiger charge is -2.18. The number of thiazole rings is 1. The van der Waals surface area contributed by atoms with E-state index >= 15 is 0 Å². The Hall–Kier alpha value is -1.39. The number of hydrogen-bond donors (Lipinski definition) is 2. The fraction of sp³-hybridized carbons (Fsp3) is 0.438. The Labute approximate surface area is 124 Å². The van der Waals surface area contributed by atoms with Gasteiger partial charge in [0.05, 0.1) is 5.01 Å². The van der Waals surface area contributed by atoms with Gasteiger partial charge in [0.15, 0.2) is 0 Å². The van der Waals surface area contributed by atoms with Gasteiger partial charge in [-0.25, -0.2) is 4.98 Å². The monoisotopic (exact) mass is 287 g/mol. The summed E-state index contributed by atoms with van der Waals surface area (Å²) in [6, 6.07) is 6.77. The maximum Gasteiger partial charge on any atom is 0.0940 e. The number of nitrogens with one attached hydrogen (secondary N) is 2. The maximum atomic E-state index is 4.48. The van der Waals surface area contributed by atoms with Gasteiger partial charge < -0.3 is 10.6 Å². The van der Waals surface area contributed by atoms with Crippen molar-refractivity contribution in [3.63, 3.8) is 0 Å². The first-order chi connectivity index (χ1) is 9.81. The quantitative estimate of drug-likeness (QED) is 0.830. The third-order valence-electron chi connectivity index (χ3n) is 3.62. The van der Waals surface area contributed by atoms with Crippen LogP contribution in [0.4, 0.5) is 5.69 Å². The minimum atomic E-state index is 0.942. The van der Waals surface area contributed by atoms with E-state index in [-0.39, 0.29) is 0 Å². The molecule has 1 aromatic heterocycles. The van der Waals surface area contributed by atoms with Crippen LogP contribution in [0.3, 0.4) is 0 Å². The molecule has 0 amide bonds. The summed E-state index contributed by atoms with van der Waals surface area (Å²) in [5.74, 6) is 0. The average molecular weight is 287 g/mol. The van der Waals surface area contributed by atoms with Gasteiger partial charge in [0.1, 0.15) is 0 Å². The Morgan fingerprint density at radius 1 is 1.40 bits per heavy atom. The van der Waals surface area contributed by atoms with Crippen LogP contribution in [-0.2, 0) is 19.4 Å². The van der Waals surface area contributed by atoms with Gasteiger partial charge in [-0.15, -0.1) is 11.3 Å². The van der Waals surface area contributed by atoms with Crippen molar-refractivity contribution < 1.29 is 0 Å². The topological polar surface area (TPSA) is 37.0 Å². The summed E-state index contributed by atoms with van der Waals surface area (Å²) in [6.45, 7) is 5.09. The van der Waals surface area contributed by atoms with Crippen molar-refractivity contribution >= 4 is 17.0 Å². The zero-order valence-corrected chi connectivity index (χ0v) is 12.7. The number of hydrogen-bond acceptors (Lipinski definition) is 4. The van der Waals surface area contributed by atoms with Gasteiger partial charge in [-0.3, -0.25) is 0 Å². The molecule has 0 unspecified atom stereocenters. The second kappa shape index (κ2) is 6.37. The average Bonchev–Trinajstić information content (AvgIpc) is 2.89. The normalized spacial score (nSPS) is 13.8. The molecule has 4 heteroatoms. The molecule has 3 rings (SSSR count). The standard InChI is InChI=1S/C16H21N3S/c1-12-11-20-16(19-12)6-8-17-10-13-4-5-15-14(9-13)3-2-7-18-15/h4-5,9,11,17-18H,2-3,6-8,10H2,1H3. The summed E-state index contributed by atoms with van der Waals surface area (Å²) >= 11 is 1.76. The largest absolute Gasteiger partial charge is 0.385 e. The molecular weight excluding hydrogens is 266 g/mol. The number of fused-ring (bicyclic) bond motifs is 1. The van der Waals surface area contributed by atoms with E-state index in [0.717, 1.165) is 31.7 Å². The van der Waals surface area contributed by atoms with Crippen LogP contribution < -0.4 is 10.6 Å². The number of benzene rings is 1. The van der Waals surface area contributed by atoms with Crippen LogP contribution in [0.2, 0.25) is 0 Å². The molecule has 2 heterocycles. The zero-order chi connectivity index (χ0) is 13.8. The van der Waals surface area contributed by atoms with Crippen LogP contribution in [0.15, 0.2) is 23.6 Å². The van der Waals surface area contributed by atoms with Crippen molar-refractivity contribution in [1.29, 1.82) is 0 Å². The van der Waals surface area contributed by atoms with Crippen LogP contribution in [0.25, 0.3) is 0 Å². The van der Waals surface area contributed by atoms with Crippen molar-refractivity contribution in [2.24, 2.45) is 0 Å². The van der Waals surface area contributed by atoms with Crippen molar-refractivity contribution in [1.82, 2.24) is 10.3 Å². The molecule has 3 nitrogen and oxygen atoms in total. The first-order valence-corrected chi connectivity index (χ1v) is 8.16. The fourth-order valence-corrected chi connectivity index (χ4v) is 3.36. The molecule has 0 aliphatic carbocycles. The van der Waals surface area contributed by atoms with Crippen LogP contribution in [-0.4, -0.2) is 18.1 Å². The van der Waals surface area contributed by atoms with E-state index in [1.54, 1.807) is 11.3 Å². The number of aromatic nitrogens is 1. The number of aryl methyl sites for hydroxylation is 2. The fourth-order valence-electron chi connectivity index (χ4n) is 2.58. The highest BCUT2D eigenvalue weighted by Gasteiger charge is 2.08. The maximum absolute atomic E-state index is 4.48. The van der Waals surface area contributed by atoms with Gasteiger partial charge >= 0.3 is 0 Å². The molecule has 2 N–H and O–H groups in total. The molecule has 0 fully saturated rings. The zero-order valence-electron chi connectivity index (χ0n) is 11.9. The van der Waals surface area contributed by atoms with Crippen molar-refractivity contribution in [3.05, 3.63) is 45.4 Å². The van der Waals surface area contributed by atoms with Gasteiger partial charge in [-0.2, -0.15) is 0 Å². The molecular formula is C16H21N3S. The van der Waals surface area contributed by atoms with E-state index in [1.165, 1.54) is 34.7 Å². The van der Waals surface area contributed by atoms with E-state index in [1.807, 2.05) is 0 Å². The smallest absolute Gasteiger partial charge is 0.0940 e. The first-order valence-electron chi connectivity index (χ1n) is 7.29. The molecule has 1 aliphatic rings. The van der Waals surface area contributed by atoms with Crippen LogP contribution in [0.5, 0.6) is 0 Å². The molecule has 1 aromatic carbocycles. The number of anilines is 1. The molecule has 0 atom stereocenters. The van der Waals surface area contributed by atoms with Crippen LogP contribution in [0.1, 0.15) is 28.2 Å². The van der Waals surface area contributed by atoms with Crippen molar-refractivity contribution in [3.8, 4) is 0 Å². The highest BCUT2D eigenvalue weighted by Crippen LogP contribution is 2.22. The third kappa shape index (κ3) is 3.38. The lowest BCUT2D eigenvalue weighted by Crippen LogP contribution is -2.17. The van der Waals surface area contributed by atoms with E-state index in [2.05, 4.69) is 46.1 Å². The summed E-state index contributed by atoms with van der Waals surface area (Å²) in [4.78, 5) is 4.48. The Kier molecular flexibility index (Phi) is 4.33. The summed E-state index contributed by atoms with van der Waals surface area (Å²) in [5, 5.41) is 10.3. The molecule has 0 spiro atoms. The van der Waals surface area contributed by atoms with Crippen LogP contribution >= 0.6 is 11.3 Å². The summed E-state index contributed by atoms with van der Waals surface area (Å²) < 4.78 is 0. The highest BCUT2D eigenvalue weighted by atomic mass is 32.1. The molecule has 106 valence electrons. The Morgan fingerprint density at radius 3 is 3.20 bits per heavy atom. The molecule has 2 aromatic rings. The Balaban J connectivity index is 1.48. The molecule has 1 aliphatic heterocycles. The lowest BCUT2D eigenvalue weighted by atomic mass is 10.0. The molecule has 0 bridgehead atoms. The van der Waals surface area contributed by atoms with E-state index in [0.29, 0.717) is 0 Å². The van der Waals surface area contributed by atoms with Gasteiger partial charge in [0.2, 0.25) is 0 Å². The van der Waals surface area contributed by atoms with Gasteiger partial charge in [-0.1, -0.05) is 12.1 Å². The summed E-state index contributed by atoms with van der Waals surface area (Å²) in [7, 11) is 0. The van der Waals surface area contributed by atoms with Crippen molar-refractivity contribution in [2.75, 3.05) is 18.4 Å². The number of nitrogens with zero attached hydrogens (tertiary/aromatic N) is 1. The minimum Gasteiger partial charge on any atom is -0.385 e. The summed E-state index contributed by atoms with van der Waals surface area (Å²) in [5.41, 5.74) is 5.29. The van der Waals surface area contributed by atoms with Crippen LogP contribution in [0, 0.1) is 6.92 Å². The summed E-state index contributed by atoms with van der Waals surface area (Å²) in [6.07, 6.45) is 3.47. The SMILES string of the molecule is Cc1csc(CCNCc2ccc3c(c2)CCCN3)n1.